The lowest BCUT2D eigenvalue weighted by molar-refractivity contribution is -0.123. The van der Waals surface area contributed by atoms with E-state index in [9.17, 15) is 9.59 Å². The molecule has 0 fully saturated rings. The minimum Gasteiger partial charge on any atom is -0.444 e. The first-order valence-electron chi connectivity index (χ1n) is 9.50. The van der Waals surface area contributed by atoms with Crippen LogP contribution in [0.4, 0.5) is 4.79 Å². The molecular weight excluding hydrogens is 356 g/mol. The number of benzene rings is 1. The smallest absolute Gasteiger partial charge is 0.408 e. The van der Waals surface area contributed by atoms with E-state index in [4.69, 9.17) is 4.74 Å². The maximum atomic E-state index is 12.6. The molecule has 2 N–H and O–H groups in total. The van der Waals surface area contributed by atoms with Gasteiger partial charge in [-0.25, -0.2) is 9.48 Å². The van der Waals surface area contributed by atoms with Crippen molar-refractivity contribution >= 4 is 12.0 Å². The van der Waals surface area contributed by atoms with Gasteiger partial charge in [0.05, 0.1) is 11.9 Å². The molecule has 28 heavy (non-hydrogen) atoms. The summed E-state index contributed by atoms with van der Waals surface area (Å²) in [6.07, 6.45) is 3.51. The molecule has 7 nitrogen and oxygen atoms in total. The molecule has 152 valence electrons. The number of rotatable bonds is 7. The molecule has 0 saturated carbocycles. The highest BCUT2D eigenvalue weighted by Gasteiger charge is 2.25. The standard InChI is InChI=1S/C21H30N4O3/c1-15(2)11-18(24-20(27)28-21(3,4)5)19(26)22-12-16-13-23-25(14-16)17-9-7-6-8-10-17/h6-10,13-15,18H,11-12H2,1-5H3,(H,22,26)(H,24,27). The van der Waals surface area contributed by atoms with E-state index in [1.807, 2.05) is 50.4 Å². The van der Waals surface area contributed by atoms with Gasteiger partial charge in [0.15, 0.2) is 0 Å². The zero-order valence-electron chi connectivity index (χ0n) is 17.2. The molecule has 0 aliphatic carbocycles. The van der Waals surface area contributed by atoms with Crippen molar-refractivity contribution in [3.8, 4) is 5.69 Å². The summed E-state index contributed by atoms with van der Waals surface area (Å²) in [6.45, 7) is 9.69. The van der Waals surface area contributed by atoms with Gasteiger partial charge in [-0.1, -0.05) is 32.0 Å². The average Bonchev–Trinajstić information content (AvgIpc) is 3.07. The number of aromatic nitrogens is 2. The summed E-state index contributed by atoms with van der Waals surface area (Å²) in [7, 11) is 0. The van der Waals surface area contributed by atoms with Crippen LogP contribution in [0.3, 0.4) is 0 Å². The second kappa shape index (κ2) is 9.39. The van der Waals surface area contributed by atoms with Gasteiger partial charge >= 0.3 is 6.09 Å². The predicted molar refractivity (Wildman–Crippen MR) is 108 cm³/mol. The molecule has 2 aromatic rings. The maximum Gasteiger partial charge on any atom is 0.408 e. The Balaban J connectivity index is 1.95. The molecule has 1 unspecified atom stereocenters. The highest BCUT2D eigenvalue weighted by molar-refractivity contribution is 5.85. The summed E-state index contributed by atoms with van der Waals surface area (Å²) in [6, 6.07) is 9.09. The summed E-state index contributed by atoms with van der Waals surface area (Å²) in [4.78, 5) is 24.7. The lowest BCUT2D eigenvalue weighted by atomic mass is 10.0. The second-order valence-corrected chi connectivity index (χ2v) is 8.17. The number of hydrogen-bond acceptors (Lipinski definition) is 4. The SMILES string of the molecule is CC(C)CC(NC(=O)OC(C)(C)C)C(=O)NCc1cnn(-c2ccccc2)c1. The van der Waals surface area contributed by atoms with Crippen molar-refractivity contribution < 1.29 is 14.3 Å². The lowest BCUT2D eigenvalue weighted by Crippen LogP contribution is -2.48. The Labute approximate surface area is 166 Å². The van der Waals surface area contributed by atoms with E-state index >= 15 is 0 Å². The fourth-order valence-corrected chi connectivity index (χ4v) is 2.64. The van der Waals surface area contributed by atoms with Crippen LogP contribution in [0.25, 0.3) is 5.69 Å². The van der Waals surface area contributed by atoms with Gasteiger partial charge in [-0.3, -0.25) is 4.79 Å². The van der Waals surface area contributed by atoms with Crippen molar-refractivity contribution in [3.63, 3.8) is 0 Å². The fraction of sp³-hybridized carbons (Fsp3) is 0.476. The number of carbonyl (C=O) groups is 2. The zero-order chi connectivity index (χ0) is 20.7. The van der Waals surface area contributed by atoms with Gasteiger partial charge in [0.2, 0.25) is 5.91 Å². The summed E-state index contributed by atoms with van der Waals surface area (Å²) >= 11 is 0. The van der Waals surface area contributed by atoms with Crippen LogP contribution < -0.4 is 10.6 Å². The molecule has 1 aromatic carbocycles. The Morgan fingerprint density at radius 3 is 2.46 bits per heavy atom. The van der Waals surface area contributed by atoms with Crippen LogP contribution in [0.1, 0.15) is 46.6 Å². The van der Waals surface area contributed by atoms with E-state index in [2.05, 4.69) is 15.7 Å². The van der Waals surface area contributed by atoms with Gasteiger partial charge in [0.1, 0.15) is 11.6 Å². The lowest BCUT2D eigenvalue weighted by Gasteiger charge is -2.24. The van der Waals surface area contributed by atoms with Crippen molar-refractivity contribution in [2.24, 2.45) is 5.92 Å². The summed E-state index contributed by atoms with van der Waals surface area (Å²) in [5.41, 5.74) is 1.21. The second-order valence-electron chi connectivity index (χ2n) is 8.17. The van der Waals surface area contributed by atoms with Crippen molar-refractivity contribution in [3.05, 3.63) is 48.3 Å². The van der Waals surface area contributed by atoms with Crippen LogP contribution in [0, 0.1) is 5.92 Å². The highest BCUT2D eigenvalue weighted by Crippen LogP contribution is 2.11. The molecule has 0 spiro atoms. The number of para-hydroxylation sites is 1. The van der Waals surface area contributed by atoms with E-state index in [1.165, 1.54) is 0 Å². The maximum absolute atomic E-state index is 12.6. The molecule has 0 saturated heterocycles. The third-order valence-corrected chi connectivity index (χ3v) is 3.84. The number of nitrogens with one attached hydrogen (secondary N) is 2. The number of carbonyl (C=O) groups excluding carboxylic acids is 2. The first kappa shape index (κ1) is 21.5. The normalized spacial score (nSPS) is 12.5. The van der Waals surface area contributed by atoms with Crippen molar-refractivity contribution in [2.45, 2.75) is 59.2 Å². The number of hydrogen-bond donors (Lipinski definition) is 2. The molecule has 1 heterocycles. The van der Waals surface area contributed by atoms with E-state index in [0.717, 1.165) is 11.3 Å². The zero-order valence-corrected chi connectivity index (χ0v) is 17.2. The molecule has 0 aliphatic rings. The van der Waals surface area contributed by atoms with Gasteiger partial charge in [0.25, 0.3) is 0 Å². The minimum atomic E-state index is -0.654. The van der Waals surface area contributed by atoms with E-state index in [0.29, 0.717) is 13.0 Å². The van der Waals surface area contributed by atoms with Gasteiger partial charge in [-0.05, 0) is 45.2 Å². The van der Waals surface area contributed by atoms with Crippen molar-refractivity contribution in [2.75, 3.05) is 0 Å². The van der Waals surface area contributed by atoms with Crippen molar-refractivity contribution in [1.29, 1.82) is 0 Å². The summed E-state index contributed by atoms with van der Waals surface area (Å²) < 4.78 is 7.03. The molecule has 2 rings (SSSR count). The van der Waals surface area contributed by atoms with Crippen LogP contribution in [-0.2, 0) is 16.1 Å². The Kier molecular flexibility index (Phi) is 7.20. The van der Waals surface area contributed by atoms with E-state index in [1.54, 1.807) is 31.6 Å². The highest BCUT2D eigenvalue weighted by atomic mass is 16.6. The molecule has 0 radical (unpaired) electrons. The quantitative estimate of drug-likeness (QED) is 0.763. The Morgan fingerprint density at radius 2 is 1.86 bits per heavy atom. The van der Waals surface area contributed by atoms with E-state index in [-0.39, 0.29) is 11.8 Å². The van der Waals surface area contributed by atoms with Crippen LogP contribution in [0.5, 0.6) is 0 Å². The van der Waals surface area contributed by atoms with Crippen molar-refractivity contribution in [1.82, 2.24) is 20.4 Å². The number of alkyl carbamates (subject to hydrolysis) is 1. The first-order valence-corrected chi connectivity index (χ1v) is 9.50. The van der Waals surface area contributed by atoms with Crippen LogP contribution >= 0.6 is 0 Å². The molecule has 2 amide bonds. The van der Waals surface area contributed by atoms with Gasteiger partial charge in [0, 0.05) is 18.3 Å². The Hall–Kier alpha value is -2.83. The van der Waals surface area contributed by atoms with Gasteiger partial charge in [-0.2, -0.15) is 5.10 Å². The molecular formula is C21H30N4O3. The molecule has 0 bridgehead atoms. The third-order valence-electron chi connectivity index (χ3n) is 3.84. The average molecular weight is 386 g/mol. The summed E-state index contributed by atoms with van der Waals surface area (Å²) in [5, 5.41) is 9.87. The largest absolute Gasteiger partial charge is 0.444 e. The molecule has 1 atom stereocenters. The Bertz CT molecular complexity index is 778. The monoisotopic (exact) mass is 386 g/mol. The van der Waals surface area contributed by atoms with E-state index < -0.39 is 17.7 Å². The Morgan fingerprint density at radius 1 is 1.18 bits per heavy atom. The van der Waals surface area contributed by atoms with Gasteiger partial charge < -0.3 is 15.4 Å². The molecule has 7 heteroatoms. The third kappa shape index (κ3) is 7.06. The molecule has 0 aliphatic heterocycles. The number of amides is 2. The topological polar surface area (TPSA) is 85.2 Å². The number of nitrogens with zero attached hydrogens (tertiary/aromatic N) is 2. The van der Waals surface area contributed by atoms with Crippen LogP contribution in [-0.4, -0.2) is 33.4 Å². The number of ether oxygens (including phenoxy) is 1. The first-order chi connectivity index (χ1) is 13.1. The van der Waals surface area contributed by atoms with Gasteiger partial charge in [-0.15, -0.1) is 0 Å². The predicted octanol–water partition coefficient (Wildman–Crippen LogP) is 3.43. The molecule has 1 aromatic heterocycles. The minimum absolute atomic E-state index is 0.242. The fourth-order valence-electron chi connectivity index (χ4n) is 2.64. The van der Waals surface area contributed by atoms with Crippen LogP contribution in [0.15, 0.2) is 42.7 Å². The van der Waals surface area contributed by atoms with Crippen LogP contribution in [0.2, 0.25) is 0 Å². The summed E-state index contributed by atoms with van der Waals surface area (Å²) in [5.74, 6) is -0.00135.